The van der Waals surface area contributed by atoms with Crippen LogP contribution in [-0.2, 0) is 7.05 Å². The molecule has 0 aliphatic heterocycles. The Morgan fingerprint density at radius 2 is 1.54 bits per heavy atom. The Kier molecular flexibility index (Phi) is 8.99. The van der Waals surface area contributed by atoms with E-state index in [1.807, 2.05) is 58.4 Å². The van der Waals surface area contributed by atoms with Crippen LogP contribution in [0.3, 0.4) is 0 Å². The Balaban J connectivity index is 0.000000791. The fourth-order valence-corrected chi connectivity index (χ4v) is 2.89. The lowest BCUT2D eigenvalue weighted by Gasteiger charge is -2.11. The van der Waals surface area contributed by atoms with Gasteiger partial charge in [-0.25, -0.2) is 4.98 Å². The summed E-state index contributed by atoms with van der Waals surface area (Å²) in [7, 11) is 1.87. The van der Waals surface area contributed by atoms with E-state index in [1.165, 1.54) is 0 Å². The van der Waals surface area contributed by atoms with Gasteiger partial charge >= 0.3 is 0 Å². The number of aromatic amines is 1. The molecule has 0 saturated heterocycles. The topological polar surface area (TPSA) is 46.5 Å². The minimum Gasteiger partial charge on any atom is -0.303 e. The molecule has 0 bridgehead atoms. The third kappa shape index (κ3) is 5.16. The fraction of sp³-hybridized carbons (Fsp3) is 0.316. The second-order valence-electron chi connectivity index (χ2n) is 4.96. The second-order valence-corrected chi connectivity index (χ2v) is 6.12. The number of benzene rings is 1. The van der Waals surface area contributed by atoms with Gasteiger partial charge in [-0.05, 0) is 42.4 Å². The molecule has 0 atom stereocenters. The van der Waals surface area contributed by atoms with Crippen LogP contribution >= 0.6 is 35.4 Å². The first-order valence-corrected chi connectivity index (χ1v) is 9.68. The Labute approximate surface area is 170 Å². The molecule has 0 aliphatic rings. The van der Waals surface area contributed by atoms with Gasteiger partial charge in [-0.1, -0.05) is 74.7 Å². The van der Waals surface area contributed by atoms with Gasteiger partial charge in [-0.15, -0.1) is 0 Å². The fourth-order valence-electron chi connectivity index (χ4n) is 2.30. The predicted octanol–water partition coefficient (Wildman–Crippen LogP) is 6.87. The average Bonchev–Trinajstić information content (AvgIpc) is 2.97. The van der Waals surface area contributed by atoms with Gasteiger partial charge in [0.25, 0.3) is 0 Å². The van der Waals surface area contributed by atoms with E-state index in [0.717, 1.165) is 28.1 Å². The SMILES string of the molecule is CC.CC.Cc1ccc(-c2n[nH]c(=S)n2C)c(-c2cc(Cl)nc(Cl)c2)c1. The molecule has 3 rings (SSSR count). The molecule has 0 amide bonds. The van der Waals surface area contributed by atoms with Crippen molar-refractivity contribution in [2.45, 2.75) is 34.6 Å². The van der Waals surface area contributed by atoms with Crippen LogP contribution in [0.1, 0.15) is 33.3 Å². The molecule has 2 heterocycles. The van der Waals surface area contributed by atoms with Crippen molar-refractivity contribution >= 4 is 35.4 Å². The predicted molar refractivity (Wildman–Crippen MR) is 115 cm³/mol. The van der Waals surface area contributed by atoms with Crippen molar-refractivity contribution < 1.29 is 0 Å². The highest BCUT2D eigenvalue weighted by Crippen LogP contribution is 2.33. The first-order valence-electron chi connectivity index (χ1n) is 8.51. The normalized spacial score (nSPS) is 9.69. The maximum atomic E-state index is 6.03. The highest BCUT2D eigenvalue weighted by atomic mass is 35.5. The Morgan fingerprint density at radius 3 is 2.04 bits per heavy atom. The average molecular weight is 411 g/mol. The summed E-state index contributed by atoms with van der Waals surface area (Å²) in [6, 6.07) is 9.67. The number of rotatable bonds is 2. The van der Waals surface area contributed by atoms with Gasteiger partial charge in [0.2, 0.25) is 0 Å². The van der Waals surface area contributed by atoms with Crippen molar-refractivity contribution in [3.63, 3.8) is 0 Å². The van der Waals surface area contributed by atoms with E-state index in [2.05, 4.69) is 21.2 Å². The third-order valence-corrected chi connectivity index (χ3v) is 4.12. The number of H-pyrrole nitrogens is 1. The zero-order valence-electron chi connectivity index (χ0n) is 15.9. The van der Waals surface area contributed by atoms with E-state index in [9.17, 15) is 0 Å². The third-order valence-electron chi connectivity index (χ3n) is 3.37. The summed E-state index contributed by atoms with van der Waals surface area (Å²) < 4.78 is 2.39. The van der Waals surface area contributed by atoms with Gasteiger partial charge in [0.15, 0.2) is 10.6 Å². The van der Waals surface area contributed by atoms with Crippen molar-refractivity contribution in [1.29, 1.82) is 0 Å². The van der Waals surface area contributed by atoms with Crippen LogP contribution in [0, 0.1) is 11.7 Å². The summed E-state index contributed by atoms with van der Waals surface area (Å²) in [5.41, 5.74) is 3.93. The van der Waals surface area contributed by atoms with Gasteiger partial charge in [-0.3, -0.25) is 5.10 Å². The van der Waals surface area contributed by atoms with E-state index >= 15 is 0 Å². The molecular weight excluding hydrogens is 387 g/mol. The molecule has 7 heteroatoms. The van der Waals surface area contributed by atoms with Crippen LogP contribution in [-0.4, -0.2) is 19.7 Å². The number of aromatic nitrogens is 4. The molecule has 1 aromatic carbocycles. The number of halogens is 2. The van der Waals surface area contributed by atoms with Crippen LogP contribution < -0.4 is 0 Å². The summed E-state index contributed by atoms with van der Waals surface area (Å²) in [6.07, 6.45) is 0. The molecule has 0 radical (unpaired) electrons. The quantitative estimate of drug-likeness (QED) is 0.370. The standard InChI is InChI=1S/C15H12Cl2N4S.2C2H6/c1-8-3-4-10(14-19-20-15(22)21(14)2)11(5-8)9-6-12(16)18-13(17)7-9;2*1-2/h3-7H,1-2H3,(H,20,22);2*1-2H3. The van der Waals surface area contributed by atoms with Crippen molar-refractivity contribution in [2.75, 3.05) is 0 Å². The van der Waals surface area contributed by atoms with Crippen LogP contribution in [0.15, 0.2) is 30.3 Å². The summed E-state index contributed by atoms with van der Waals surface area (Å²) >= 11 is 17.3. The minimum atomic E-state index is 0.352. The monoisotopic (exact) mass is 410 g/mol. The van der Waals surface area contributed by atoms with Gasteiger partial charge in [0.1, 0.15) is 10.3 Å². The number of nitrogens with one attached hydrogen (secondary N) is 1. The maximum Gasteiger partial charge on any atom is 0.195 e. The van der Waals surface area contributed by atoms with Crippen LogP contribution in [0.4, 0.5) is 0 Å². The van der Waals surface area contributed by atoms with E-state index in [0.29, 0.717) is 15.1 Å². The Morgan fingerprint density at radius 1 is 0.962 bits per heavy atom. The number of pyridine rings is 1. The van der Waals surface area contributed by atoms with Crippen molar-refractivity contribution in [1.82, 2.24) is 19.7 Å². The zero-order valence-corrected chi connectivity index (χ0v) is 18.2. The lowest BCUT2D eigenvalue weighted by Crippen LogP contribution is -1.96. The largest absolute Gasteiger partial charge is 0.303 e. The Bertz CT molecular complexity index is 896. The number of hydrogen-bond acceptors (Lipinski definition) is 3. The lowest BCUT2D eigenvalue weighted by molar-refractivity contribution is 0.902. The van der Waals surface area contributed by atoms with E-state index in [-0.39, 0.29) is 0 Å². The van der Waals surface area contributed by atoms with Gasteiger partial charge in [0, 0.05) is 12.6 Å². The summed E-state index contributed by atoms with van der Waals surface area (Å²) in [5, 5.41) is 7.82. The second kappa shape index (κ2) is 10.5. The molecule has 4 nitrogen and oxygen atoms in total. The first kappa shape index (κ1) is 22.4. The van der Waals surface area contributed by atoms with Gasteiger partial charge in [0.05, 0.1) is 0 Å². The molecular formula is C19H24Cl2N4S. The van der Waals surface area contributed by atoms with Gasteiger partial charge in [-0.2, -0.15) is 5.10 Å². The smallest absolute Gasteiger partial charge is 0.195 e. The maximum absolute atomic E-state index is 6.03. The van der Waals surface area contributed by atoms with Crippen molar-refractivity contribution in [3.8, 4) is 22.5 Å². The Hall–Kier alpha value is -1.69. The van der Waals surface area contributed by atoms with Crippen LogP contribution in [0.5, 0.6) is 0 Å². The number of aryl methyl sites for hydroxylation is 1. The van der Waals surface area contributed by atoms with E-state index < -0.39 is 0 Å². The molecule has 3 aromatic rings. The summed E-state index contributed by atoms with van der Waals surface area (Å²) in [4.78, 5) is 3.99. The zero-order chi connectivity index (χ0) is 19.9. The van der Waals surface area contributed by atoms with Crippen LogP contribution in [0.2, 0.25) is 10.3 Å². The molecule has 26 heavy (non-hydrogen) atoms. The molecule has 1 N–H and O–H groups in total. The first-order chi connectivity index (χ1) is 12.5. The van der Waals surface area contributed by atoms with Crippen molar-refractivity contribution in [2.24, 2.45) is 7.05 Å². The van der Waals surface area contributed by atoms with E-state index in [1.54, 1.807) is 12.1 Å². The summed E-state index contributed by atoms with van der Waals surface area (Å²) in [6.45, 7) is 10.0. The van der Waals surface area contributed by atoms with Gasteiger partial charge < -0.3 is 4.57 Å². The molecule has 2 aromatic heterocycles. The number of hydrogen-bond donors (Lipinski definition) is 1. The highest BCUT2D eigenvalue weighted by molar-refractivity contribution is 7.71. The molecule has 0 spiro atoms. The molecule has 0 fully saturated rings. The molecule has 0 aliphatic carbocycles. The molecule has 140 valence electrons. The van der Waals surface area contributed by atoms with Crippen molar-refractivity contribution in [3.05, 3.63) is 51.0 Å². The van der Waals surface area contributed by atoms with Crippen LogP contribution in [0.25, 0.3) is 22.5 Å². The molecule has 0 unspecified atom stereocenters. The lowest BCUT2D eigenvalue weighted by atomic mass is 9.98. The highest BCUT2D eigenvalue weighted by Gasteiger charge is 2.14. The van der Waals surface area contributed by atoms with E-state index in [4.69, 9.17) is 35.4 Å². The molecule has 0 saturated carbocycles. The summed E-state index contributed by atoms with van der Waals surface area (Å²) in [5.74, 6) is 0.754. The number of nitrogens with zero attached hydrogens (tertiary/aromatic N) is 3. The minimum absolute atomic E-state index is 0.352.